The van der Waals surface area contributed by atoms with Crippen molar-refractivity contribution in [3.05, 3.63) is 47.8 Å². The Hall–Kier alpha value is -1.65. The third kappa shape index (κ3) is 2.30. The monoisotopic (exact) mass is 243 g/mol. The van der Waals surface area contributed by atoms with Crippen LogP contribution in [0.25, 0.3) is 5.69 Å². The molecule has 4 heteroatoms. The van der Waals surface area contributed by atoms with Crippen LogP contribution < -0.4 is 5.48 Å². The van der Waals surface area contributed by atoms with Gasteiger partial charge in [0.15, 0.2) is 0 Å². The van der Waals surface area contributed by atoms with Crippen molar-refractivity contribution in [3.63, 3.8) is 0 Å². The summed E-state index contributed by atoms with van der Waals surface area (Å²) in [5.74, 6) is 0.702. The average molecular weight is 243 g/mol. The van der Waals surface area contributed by atoms with Crippen molar-refractivity contribution in [1.82, 2.24) is 15.3 Å². The molecule has 18 heavy (non-hydrogen) atoms. The predicted molar refractivity (Wildman–Crippen MR) is 69.4 cm³/mol. The van der Waals surface area contributed by atoms with Crippen molar-refractivity contribution >= 4 is 0 Å². The van der Waals surface area contributed by atoms with Gasteiger partial charge in [0.25, 0.3) is 0 Å². The lowest BCUT2D eigenvalue weighted by Crippen LogP contribution is -2.11. The predicted octanol–water partition coefficient (Wildman–Crippen LogP) is 2.40. The molecular formula is C14H17N3O. The normalized spacial score (nSPS) is 14.9. The maximum Gasteiger partial charge on any atom is 0.0652 e. The third-order valence-electron chi connectivity index (χ3n) is 3.24. The smallest absolute Gasteiger partial charge is 0.0652 e. The van der Waals surface area contributed by atoms with Crippen LogP contribution in [0.5, 0.6) is 0 Å². The minimum Gasteiger partial charge on any atom is -0.305 e. The summed E-state index contributed by atoms with van der Waals surface area (Å²) in [7, 11) is 1.63. The molecule has 0 radical (unpaired) electrons. The SMILES string of the molecule is CONCc1cccc(-n2nccc2C2CC2)c1. The zero-order chi connectivity index (χ0) is 12.4. The molecular weight excluding hydrogens is 226 g/mol. The molecule has 2 aromatic rings. The number of aromatic nitrogens is 2. The summed E-state index contributed by atoms with van der Waals surface area (Å²) in [6.45, 7) is 0.699. The minimum absolute atomic E-state index is 0.699. The largest absolute Gasteiger partial charge is 0.305 e. The van der Waals surface area contributed by atoms with Crippen molar-refractivity contribution in [3.8, 4) is 5.69 Å². The fourth-order valence-corrected chi connectivity index (χ4v) is 2.17. The van der Waals surface area contributed by atoms with Gasteiger partial charge in [0.05, 0.1) is 12.8 Å². The molecule has 94 valence electrons. The maximum atomic E-state index is 4.88. The van der Waals surface area contributed by atoms with Gasteiger partial charge in [-0.25, -0.2) is 4.68 Å². The van der Waals surface area contributed by atoms with Crippen LogP contribution in [0.4, 0.5) is 0 Å². The first-order chi connectivity index (χ1) is 8.88. The molecule has 0 unspecified atom stereocenters. The molecule has 0 atom stereocenters. The fraction of sp³-hybridized carbons (Fsp3) is 0.357. The first kappa shape index (κ1) is 11.4. The quantitative estimate of drug-likeness (QED) is 0.820. The van der Waals surface area contributed by atoms with E-state index in [2.05, 4.69) is 40.9 Å². The van der Waals surface area contributed by atoms with E-state index in [9.17, 15) is 0 Å². The number of nitrogens with one attached hydrogen (secondary N) is 1. The molecule has 1 aromatic carbocycles. The standard InChI is InChI=1S/C14H17N3O/c1-18-16-10-11-3-2-4-13(9-11)17-14(7-8-15-17)12-5-6-12/h2-4,7-9,12,16H,5-6,10H2,1H3. The molecule has 3 rings (SSSR count). The number of hydroxylamine groups is 1. The van der Waals surface area contributed by atoms with Crippen LogP contribution in [0, 0.1) is 0 Å². The van der Waals surface area contributed by atoms with E-state index in [-0.39, 0.29) is 0 Å². The van der Waals surface area contributed by atoms with Crippen molar-refractivity contribution in [1.29, 1.82) is 0 Å². The zero-order valence-corrected chi connectivity index (χ0v) is 10.5. The molecule has 0 spiro atoms. The van der Waals surface area contributed by atoms with E-state index in [1.54, 1.807) is 7.11 Å². The van der Waals surface area contributed by atoms with E-state index in [0.717, 1.165) is 5.69 Å². The minimum atomic E-state index is 0.699. The van der Waals surface area contributed by atoms with Gasteiger partial charge in [-0.15, -0.1) is 0 Å². The Morgan fingerprint density at radius 1 is 1.39 bits per heavy atom. The first-order valence-electron chi connectivity index (χ1n) is 6.27. The molecule has 1 N–H and O–H groups in total. The second kappa shape index (κ2) is 4.92. The molecule has 0 amide bonds. The lowest BCUT2D eigenvalue weighted by atomic mass is 10.2. The van der Waals surface area contributed by atoms with Crippen molar-refractivity contribution in [2.24, 2.45) is 0 Å². The summed E-state index contributed by atoms with van der Waals surface area (Å²) >= 11 is 0. The summed E-state index contributed by atoms with van der Waals surface area (Å²) in [5.41, 5.74) is 6.49. The van der Waals surface area contributed by atoms with Gasteiger partial charge in [0.2, 0.25) is 0 Å². The maximum absolute atomic E-state index is 4.88. The Kier molecular flexibility index (Phi) is 3.13. The van der Waals surface area contributed by atoms with Crippen LogP contribution in [0.2, 0.25) is 0 Å². The average Bonchev–Trinajstić information content (AvgIpc) is 3.14. The molecule has 1 heterocycles. The van der Waals surface area contributed by atoms with E-state index in [0.29, 0.717) is 12.5 Å². The van der Waals surface area contributed by atoms with Gasteiger partial charge in [-0.1, -0.05) is 12.1 Å². The van der Waals surface area contributed by atoms with Crippen LogP contribution in [-0.2, 0) is 11.4 Å². The molecule has 4 nitrogen and oxygen atoms in total. The molecule has 1 aliphatic rings. The number of rotatable bonds is 5. The molecule has 0 bridgehead atoms. The molecule has 0 aliphatic heterocycles. The van der Waals surface area contributed by atoms with Gasteiger partial charge in [-0.05, 0) is 36.6 Å². The Morgan fingerprint density at radius 3 is 3.06 bits per heavy atom. The summed E-state index contributed by atoms with van der Waals surface area (Å²) in [5, 5.41) is 4.43. The van der Waals surface area contributed by atoms with E-state index in [1.165, 1.54) is 24.1 Å². The lowest BCUT2D eigenvalue weighted by Gasteiger charge is -2.09. The summed E-state index contributed by atoms with van der Waals surface area (Å²) in [6, 6.07) is 10.5. The van der Waals surface area contributed by atoms with Gasteiger partial charge in [-0.2, -0.15) is 10.6 Å². The molecule has 1 aromatic heterocycles. The highest BCUT2D eigenvalue weighted by Gasteiger charge is 2.27. The van der Waals surface area contributed by atoms with Gasteiger partial charge >= 0.3 is 0 Å². The van der Waals surface area contributed by atoms with Crippen molar-refractivity contribution < 1.29 is 4.84 Å². The molecule has 0 saturated heterocycles. The van der Waals surface area contributed by atoms with Crippen LogP contribution in [0.3, 0.4) is 0 Å². The van der Waals surface area contributed by atoms with Gasteiger partial charge in [-0.3, -0.25) is 0 Å². The highest BCUT2D eigenvalue weighted by atomic mass is 16.6. The van der Waals surface area contributed by atoms with Crippen LogP contribution in [0.1, 0.15) is 30.0 Å². The number of nitrogens with zero attached hydrogens (tertiary/aromatic N) is 2. The van der Waals surface area contributed by atoms with Gasteiger partial charge in [0, 0.05) is 24.4 Å². The number of benzene rings is 1. The van der Waals surface area contributed by atoms with E-state index >= 15 is 0 Å². The highest BCUT2D eigenvalue weighted by Crippen LogP contribution is 2.40. The zero-order valence-electron chi connectivity index (χ0n) is 10.5. The van der Waals surface area contributed by atoms with Crippen LogP contribution >= 0.6 is 0 Å². The third-order valence-corrected chi connectivity index (χ3v) is 3.24. The van der Waals surface area contributed by atoms with E-state index in [1.807, 2.05) is 10.9 Å². The van der Waals surface area contributed by atoms with E-state index < -0.39 is 0 Å². The first-order valence-corrected chi connectivity index (χ1v) is 6.27. The molecule has 1 saturated carbocycles. The topological polar surface area (TPSA) is 39.1 Å². The number of hydrogen-bond acceptors (Lipinski definition) is 3. The van der Waals surface area contributed by atoms with Gasteiger partial charge < -0.3 is 4.84 Å². The summed E-state index contributed by atoms with van der Waals surface area (Å²) in [6.07, 6.45) is 4.46. The van der Waals surface area contributed by atoms with Crippen LogP contribution in [0.15, 0.2) is 36.5 Å². The second-order valence-electron chi connectivity index (χ2n) is 4.64. The summed E-state index contributed by atoms with van der Waals surface area (Å²) in [4.78, 5) is 4.88. The summed E-state index contributed by atoms with van der Waals surface area (Å²) < 4.78 is 2.05. The fourth-order valence-electron chi connectivity index (χ4n) is 2.17. The molecule has 1 aliphatic carbocycles. The highest BCUT2D eigenvalue weighted by molar-refractivity contribution is 5.37. The van der Waals surface area contributed by atoms with E-state index in [4.69, 9.17) is 4.84 Å². The lowest BCUT2D eigenvalue weighted by molar-refractivity contribution is 0.0867. The number of hydrogen-bond donors (Lipinski definition) is 1. The Balaban J connectivity index is 1.88. The van der Waals surface area contributed by atoms with Crippen molar-refractivity contribution in [2.45, 2.75) is 25.3 Å². The van der Waals surface area contributed by atoms with Gasteiger partial charge in [0.1, 0.15) is 0 Å². The Bertz CT molecular complexity index is 531. The second-order valence-corrected chi connectivity index (χ2v) is 4.64. The Morgan fingerprint density at radius 2 is 2.28 bits per heavy atom. The van der Waals surface area contributed by atoms with Crippen LogP contribution in [-0.4, -0.2) is 16.9 Å². The molecule has 1 fully saturated rings. The van der Waals surface area contributed by atoms with Crippen molar-refractivity contribution in [2.75, 3.05) is 7.11 Å². The Labute approximate surface area is 107 Å².